The summed E-state index contributed by atoms with van der Waals surface area (Å²) >= 11 is 0. The summed E-state index contributed by atoms with van der Waals surface area (Å²) in [6.07, 6.45) is 1.53. The van der Waals surface area contributed by atoms with Gasteiger partial charge in [-0.3, -0.25) is 4.79 Å². The molecule has 0 spiro atoms. The molecule has 1 unspecified atom stereocenters. The van der Waals surface area contributed by atoms with E-state index in [-0.39, 0.29) is 29.5 Å². The molecular formula is C17H22N2O6S. The first-order valence-corrected chi connectivity index (χ1v) is 9.95. The van der Waals surface area contributed by atoms with Gasteiger partial charge in [0.15, 0.2) is 0 Å². The largest absolute Gasteiger partial charge is 0.478 e. The van der Waals surface area contributed by atoms with E-state index in [0.717, 1.165) is 6.42 Å². The summed E-state index contributed by atoms with van der Waals surface area (Å²) in [6, 6.07) is 5.13. The average molecular weight is 382 g/mol. The predicted octanol–water partition coefficient (Wildman–Crippen LogP) is 0.787. The number of aromatic carboxylic acids is 1. The van der Waals surface area contributed by atoms with Crippen LogP contribution in [0.5, 0.6) is 0 Å². The number of piperazine rings is 1. The highest BCUT2D eigenvalue weighted by molar-refractivity contribution is 7.89. The number of carboxylic acid groups (broad SMARTS) is 1. The molecule has 2 aliphatic rings. The van der Waals surface area contributed by atoms with Gasteiger partial charge < -0.3 is 14.7 Å². The van der Waals surface area contributed by atoms with Gasteiger partial charge in [0.2, 0.25) is 10.0 Å². The lowest BCUT2D eigenvalue weighted by Gasteiger charge is -2.37. The third kappa shape index (κ3) is 3.46. The Balaban J connectivity index is 1.67. The minimum Gasteiger partial charge on any atom is -0.478 e. The van der Waals surface area contributed by atoms with Crippen molar-refractivity contribution in [3.05, 3.63) is 29.8 Å². The Morgan fingerprint density at radius 3 is 2.23 bits per heavy atom. The molecule has 0 aromatic heterocycles. The number of carboxylic acids is 1. The van der Waals surface area contributed by atoms with E-state index < -0.39 is 21.6 Å². The van der Waals surface area contributed by atoms with Crippen molar-refractivity contribution in [1.82, 2.24) is 9.21 Å². The second-order valence-corrected chi connectivity index (χ2v) is 8.65. The lowest BCUT2D eigenvalue weighted by Crippen LogP contribution is -2.55. The van der Waals surface area contributed by atoms with Crippen LogP contribution in [-0.4, -0.2) is 73.0 Å². The third-order valence-corrected chi connectivity index (χ3v) is 6.85. The molecule has 1 aromatic carbocycles. The van der Waals surface area contributed by atoms with E-state index in [4.69, 9.17) is 9.84 Å². The van der Waals surface area contributed by atoms with Crippen molar-refractivity contribution in [1.29, 1.82) is 0 Å². The summed E-state index contributed by atoms with van der Waals surface area (Å²) in [5, 5.41) is 8.91. The molecule has 0 bridgehead atoms. The zero-order valence-electron chi connectivity index (χ0n) is 14.6. The average Bonchev–Trinajstić information content (AvgIpc) is 3.09. The molecule has 8 nitrogen and oxygen atoms in total. The van der Waals surface area contributed by atoms with Crippen molar-refractivity contribution in [2.24, 2.45) is 0 Å². The number of carbonyl (C=O) groups excluding carboxylic acids is 1. The normalized spacial score (nSPS) is 24.6. The smallest absolute Gasteiger partial charge is 0.335 e. The topological polar surface area (TPSA) is 104 Å². The number of ether oxygens (including phenoxy) is 1. The van der Waals surface area contributed by atoms with Crippen LogP contribution in [0.1, 0.15) is 30.1 Å². The number of rotatable bonds is 4. The highest BCUT2D eigenvalue weighted by Gasteiger charge is 2.42. The minimum atomic E-state index is -3.72. The van der Waals surface area contributed by atoms with E-state index in [1.165, 1.54) is 28.6 Å². The van der Waals surface area contributed by atoms with Crippen LogP contribution in [0, 0.1) is 0 Å². The summed E-state index contributed by atoms with van der Waals surface area (Å²) in [4.78, 5) is 25.2. The maximum Gasteiger partial charge on any atom is 0.335 e. The number of hydrogen-bond acceptors (Lipinski definition) is 5. The molecule has 9 heteroatoms. The molecule has 2 fully saturated rings. The van der Waals surface area contributed by atoms with E-state index >= 15 is 0 Å². The van der Waals surface area contributed by atoms with Gasteiger partial charge in [-0.2, -0.15) is 4.31 Å². The maximum absolute atomic E-state index is 12.7. The standard InChI is InChI=1S/C17H22N2O6S/c1-17(7-2-12-25-17)16(22)18-8-10-19(11-9-18)26(23,24)14-5-3-13(4-6-14)15(20)21/h3-6H,2,7-12H2,1H3,(H,20,21). The summed E-state index contributed by atoms with van der Waals surface area (Å²) in [6.45, 7) is 3.38. The molecule has 0 saturated carbocycles. The van der Waals surface area contributed by atoms with E-state index in [1.54, 1.807) is 11.8 Å². The SMILES string of the molecule is CC1(C(=O)N2CCN(S(=O)(=O)c3ccc(C(=O)O)cc3)CC2)CCCO1. The zero-order chi connectivity index (χ0) is 18.9. The van der Waals surface area contributed by atoms with Gasteiger partial charge in [0.1, 0.15) is 5.60 Å². The van der Waals surface area contributed by atoms with E-state index in [9.17, 15) is 18.0 Å². The fraction of sp³-hybridized carbons (Fsp3) is 0.529. The summed E-state index contributed by atoms with van der Waals surface area (Å²) in [5.41, 5.74) is -0.766. The van der Waals surface area contributed by atoms with Gasteiger partial charge in [0.25, 0.3) is 5.91 Å². The van der Waals surface area contributed by atoms with Crippen LogP contribution >= 0.6 is 0 Å². The van der Waals surface area contributed by atoms with Gasteiger partial charge in [-0.05, 0) is 44.0 Å². The van der Waals surface area contributed by atoms with Crippen LogP contribution < -0.4 is 0 Å². The number of benzene rings is 1. The number of hydrogen-bond donors (Lipinski definition) is 1. The number of nitrogens with zero attached hydrogens (tertiary/aromatic N) is 2. The molecule has 0 aliphatic carbocycles. The van der Waals surface area contributed by atoms with Crippen molar-refractivity contribution in [2.45, 2.75) is 30.3 Å². The predicted molar refractivity (Wildman–Crippen MR) is 92.3 cm³/mol. The Labute approximate surface area is 152 Å². The highest BCUT2D eigenvalue weighted by atomic mass is 32.2. The number of carbonyl (C=O) groups is 2. The molecule has 2 aliphatic heterocycles. The fourth-order valence-corrected chi connectivity index (χ4v) is 4.75. The van der Waals surface area contributed by atoms with Gasteiger partial charge >= 0.3 is 5.97 Å². The zero-order valence-corrected chi connectivity index (χ0v) is 15.4. The van der Waals surface area contributed by atoms with Crippen LogP contribution in [0.4, 0.5) is 0 Å². The Hall–Kier alpha value is -1.97. The van der Waals surface area contributed by atoms with Gasteiger partial charge in [0.05, 0.1) is 10.5 Å². The van der Waals surface area contributed by atoms with Crippen molar-refractivity contribution in [2.75, 3.05) is 32.8 Å². The molecule has 2 heterocycles. The Morgan fingerprint density at radius 1 is 1.12 bits per heavy atom. The molecule has 26 heavy (non-hydrogen) atoms. The summed E-state index contributed by atoms with van der Waals surface area (Å²) in [5.74, 6) is -1.19. The van der Waals surface area contributed by atoms with Crippen LogP contribution in [0.2, 0.25) is 0 Å². The lowest BCUT2D eigenvalue weighted by atomic mass is 10.0. The first-order chi connectivity index (χ1) is 12.2. The lowest BCUT2D eigenvalue weighted by molar-refractivity contribution is -0.152. The summed E-state index contributed by atoms with van der Waals surface area (Å²) < 4.78 is 32.3. The van der Waals surface area contributed by atoms with Crippen molar-refractivity contribution < 1.29 is 27.9 Å². The molecule has 1 amide bonds. The summed E-state index contributed by atoms with van der Waals surface area (Å²) in [7, 11) is -3.72. The second-order valence-electron chi connectivity index (χ2n) is 6.71. The Morgan fingerprint density at radius 2 is 1.73 bits per heavy atom. The van der Waals surface area contributed by atoms with E-state index in [1.807, 2.05) is 0 Å². The fourth-order valence-electron chi connectivity index (χ4n) is 3.33. The molecular weight excluding hydrogens is 360 g/mol. The first-order valence-electron chi connectivity index (χ1n) is 8.51. The molecule has 2 saturated heterocycles. The maximum atomic E-state index is 12.7. The Bertz CT molecular complexity index is 791. The molecule has 1 N–H and O–H groups in total. The number of sulfonamides is 1. The molecule has 3 rings (SSSR count). The van der Waals surface area contributed by atoms with E-state index in [2.05, 4.69) is 0 Å². The van der Waals surface area contributed by atoms with Gasteiger partial charge in [-0.15, -0.1) is 0 Å². The Kier molecular flexibility index (Phi) is 5.05. The van der Waals surface area contributed by atoms with Crippen LogP contribution in [0.25, 0.3) is 0 Å². The van der Waals surface area contributed by atoms with Crippen LogP contribution in [0.15, 0.2) is 29.2 Å². The second kappa shape index (κ2) is 6.98. The highest BCUT2D eigenvalue weighted by Crippen LogP contribution is 2.28. The third-order valence-electron chi connectivity index (χ3n) is 4.94. The van der Waals surface area contributed by atoms with Crippen LogP contribution in [-0.2, 0) is 19.6 Å². The quantitative estimate of drug-likeness (QED) is 0.826. The van der Waals surface area contributed by atoms with Crippen molar-refractivity contribution >= 4 is 21.9 Å². The van der Waals surface area contributed by atoms with Gasteiger partial charge in [0, 0.05) is 32.8 Å². The first kappa shape index (κ1) is 18.8. The van der Waals surface area contributed by atoms with Crippen molar-refractivity contribution in [3.63, 3.8) is 0 Å². The molecule has 1 atom stereocenters. The minimum absolute atomic E-state index is 0.0316. The number of amides is 1. The van der Waals surface area contributed by atoms with Gasteiger partial charge in [-0.25, -0.2) is 13.2 Å². The monoisotopic (exact) mass is 382 g/mol. The van der Waals surface area contributed by atoms with Crippen molar-refractivity contribution in [3.8, 4) is 0 Å². The molecule has 0 radical (unpaired) electrons. The molecule has 1 aromatic rings. The van der Waals surface area contributed by atoms with E-state index in [0.29, 0.717) is 26.1 Å². The van der Waals surface area contributed by atoms with Crippen LogP contribution in [0.3, 0.4) is 0 Å². The molecule has 142 valence electrons. The van der Waals surface area contributed by atoms with Gasteiger partial charge in [-0.1, -0.05) is 0 Å².